The Hall–Kier alpha value is -2.71. The molecule has 10 heteroatoms. The van der Waals surface area contributed by atoms with Crippen molar-refractivity contribution in [2.24, 2.45) is 0 Å². The molecule has 0 aliphatic carbocycles. The fourth-order valence-corrected chi connectivity index (χ4v) is 3.65. The summed E-state index contributed by atoms with van der Waals surface area (Å²) in [6.07, 6.45) is 2.54. The number of nitrogens with zero attached hydrogens (tertiary/aromatic N) is 2. The Labute approximate surface area is 163 Å². The smallest absolute Gasteiger partial charge is 0.324 e. The Kier molecular flexibility index (Phi) is 6.11. The minimum absolute atomic E-state index is 0.352. The zero-order valence-corrected chi connectivity index (χ0v) is 16.0. The topological polar surface area (TPSA) is 112 Å². The molecule has 3 N–H and O–H groups in total. The lowest BCUT2D eigenvalue weighted by atomic mass is 10.1. The molecule has 0 atom stereocenters. The van der Waals surface area contributed by atoms with Crippen molar-refractivity contribution in [3.63, 3.8) is 0 Å². The van der Waals surface area contributed by atoms with Gasteiger partial charge in [-0.2, -0.15) is 0 Å². The summed E-state index contributed by atoms with van der Waals surface area (Å²) in [6.45, 7) is 0. The van der Waals surface area contributed by atoms with Gasteiger partial charge in [-0.25, -0.2) is 4.39 Å². The van der Waals surface area contributed by atoms with E-state index in [1.165, 1.54) is 30.3 Å². The monoisotopic (exact) mass is 419 g/mol. The minimum atomic E-state index is -4.13. The van der Waals surface area contributed by atoms with Gasteiger partial charge in [0.15, 0.2) is 0 Å². The summed E-state index contributed by atoms with van der Waals surface area (Å²) in [5.41, 5.74) is 2.21. The quantitative estimate of drug-likeness (QED) is 0.415. The average Bonchev–Trinajstić information content (AvgIpc) is 3.10. The summed E-state index contributed by atoms with van der Waals surface area (Å²) >= 11 is 1.11. The second-order valence-corrected chi connectivity index (χ2v) is 8.27. The van der Waals surface area contributed by atoms with Gasteiger partial charge in [-0.15, -0.1) is 5.10 Å². The fraction of sp³-hybridized carbons (Fsp3) is 0.0556. The highest BCUT2D eigenvalue weighted by molar-refractivity contribution is 7.50. The first-order chi connectivity index (χ1) is 13.3. The lowest BCUT2D eigenvalue weighted by Crippen LogP contribution is -2.07. The molecule has 0 radical (unpaired) electrons. The fourth-order valence-electron chi connectivity index (χ4n) is 2.38. The summed E-state index contributed by atoms with van der Waals surface area (Å²) in [5.74, 6) is -0.739. The Balaban J connectivity index is 1.66. The molecule has 1 aromatic heterocycles. The Morgan fingerprint density at radius 3 is 2.46 bits per heavy atom. The maximum Gasteiger partial charge on any atom is 0.329 e. The van der Waals surface area contributed by atoms with Crippen LogP contribution in [0.5, 0.6) is 0 Å². The number of nitrogens with one attached hydrogen (secondary N) is 1. The molecule has 0 bridgehead atoms. The van der Waals surface area contributed by atoms with Crippen LogP contribution in [0.1, 0.15) is 10.4 Å². The standard InChI is InChI=1S/C18H15FN3O4PS/c19-14-5-3-13(4-6-14)18-16(28-22-21-18)9-10-17(23)20-15-7-1-12(2-8-15)11-27(24,25)26/h1-10H,11H2,(H,20,23)(H2,24,25,26)/b10-9+. The summed E-state index contributed by atoms with van der Waals surface area (Å²) in [7, 11) is -4.13. The van der Waals surface area contributed by atoms with Gasteiger partial charge in [0.2, 0.25) is 5.91 Å². The predicted molar refractivity (Wildman–Crippen MR) is 105 cm³/mol. The molecule has 0 fully saturated rings. The van der Waals surface area contributed by atoms with Crippen LogP contribution in [-0.4, -0.2) is 25.3 Å². The van der Waals surface area contributed by atoms with E-state index in [2.05, 4.69) is 14.9 Å². The molecule has 3 aromatic rings. The molecule has 0 spiro atoms. The number of rotatable bonds is 6. The molecule has 7 nitrogen and oxygen atoms in total. The van der Waals surface area contributed by atoms with E-state index in [0.717, 1.165) is 11.5 Å². The van der Waals surface area contributed by atoms with E-state index in [1.54, 1.807) is 30.3 Å². The van der Waals surface area contributed by atoms with Crippen LogP contribution >= 0.6 is 19.1 Å². The number of halogens is 1. The maximum atomic E-state index is 13.1. The van der Waals surface area contributed by atoms with Crippen molar-refractivity contribution in [3.8, 4) is 11.3 Å². The zero-order valence-electron chi connectivity index (χ0n) is 14.3. The molecular formula is C18H15FN3O4PS. The van der Waals surface area contributed by atoms with E-state index in [0.29, 0.717) is 27.4 Å². The van der Waals surface area contributed by atoms with Crippen molar-refractivity contribution >= 4 is 36.8 Å². The van der Waals surface area contributed by atoms with Gasteiger partial charge in [0.25, 0.3) is 0 Å². The summed E-state index contributed by atoms with van der Waals surface area (Å²) in [5, 5.41) is 6.67. The van der Waals surface area contributed by atoms with E-state index < -0.39 is 7.60 Å². The maximum absolute atomic E-state index is 13.1. The van der Waals surface area contributed by atoms with Crippen LogP contribution in [-0.2, 0) is 15.5 Å². The van der Waals surface area contributed by atoms with Crippen molar-refractivity contribution < 1.29 is 23.5 Å². The Morgan fingerprint density at radius 2 is 1.82 bits per heavy atom. The first-order valence-electron chi connectivity index (χ1n) is 8.01. The third-order valence-corrected chi connectivity index (χ3v) is 5.09. The summed E-state index contributed by atoms with van der Waals surface area (Å²) < 4.78 is 27.9. The molecule has 144 valence electrons. The molecule has 2 aromatic carbocycles. The van der Waals surface area contributed by atoms with Gasteiger partial charge < -0.3 is 15.1 Å². The number of hydrogen-bond donors (Lipinski definition) is 3. The summed E-state index contributed by atoms with van der Waals surface area (Å²) in [6, 6.07) is 12.0. The van der Waals surface area contributed by atoms with Crippen LogP contribution in [0.3, 0.4) is 0 Å². The van der Waals surface area contributed by atoms with E-state index in [1.807, 2.05) is 0 Å². The Bertz CT molecular complexity index is 1050. The number of anilines is 1. The van der Waals surface area contributed by atoms with Crippen LogP contribution in [0.15, 0.2) is 54.6 Å². The molecule has 0 unspecified atom stereocenters. The van der Waals surface area contributed by atoms with Gasteiger partial charge in [-0.1, -0.05) is 16.6 Å². The third kappa shape index (κ3) is 5.64. The molecule has 0 saturated carbocycles. The molecule has 28 heavy (non-hydrogen) atoms. The third-order valence-electron chi connectivity index (χ3n) is 3.63. The van der Waals surface area contributed by atoms with Crippen molar-refractivity contribution in [1.29, 1.82) is 0 Å². The van der Waals surface area contributed by atoms with E-state index in [-0.39, 0.29) is 17.9 Å². The lowest BCUT2D eigenvalue weighted by molar-refractivity contribution is -0.111. The van der Waals surface area contributed by atoms with Crippen molar-refractivity contribution in [1.82, 2.24) is 9.59 Å². The van der Waals surface area contributed by atoms with Gasteiger partial charge in [-0.3, -0.25) is 9.36 Å². The zero-order chi connectivity index (χ0) is 20.1. The van der Waals surface area contributed by atoms with E-state index >= 15 is 0 Å². The predicted octanol–water partition coefficient (Wildman–Crippen LogP) is 3.67. The summed E-state index contributed by atoms with van der Waals surface area (Å²) in [4.78, 5) is 30.7. The minimum Gasteiger partial charge on any atom is -0.324 e. The van der Waals surface area contributed by atoms with Crippen molar-refractivity contribution in [3.05, 3.63) is 70.9 Å². The van der Waals surface area contributed by atoms with Gasteiger partial charge in [0.1, 0.15) is 11.5 Å². The van der Waals surface area contributed by atoms with E-state index in [4.69, 9.17) is 9.79 Å². The second-order valence-electron chi connectivity index (χ2n) is 5.83. The molecular weight excluding hydrogens is 404 g/mol. The number of hydrogen-bond acceptors (Lipinski definition) is 5. The highest BCUT2D eigenvalue weighted by Crippen LogP contribution is 2.39. The highest BCUT2D eigenvalue weighted by Gasteiger charge is 2.13. The lowest BCUT2D eigenvalue weighted by Gasteiger charge is -2.06. The molecule has 1 amide bonds. The first-order valence-corrected chi connectivity index (χ1v) is 10.6. The molecule has 0 aliphatic heterocycles. The number of amides is 1. The SMILES string of the molecule is O=C(/C=C/c1snnc1-c1ccc(F)cc1)Nc1ccc(CP(=O)(O)O)cc1. The number of benzene rings is 2. The van der Waals surface area contributed by atoms with Crippen LogP contribution in [0, 0.1) is 5.82 Å². The Morgan fingerprint density at radius 1 is 1.14 bits per heavy atom. The van der Waals surface area contributed by atoms with E-state index in [9.17, 15) is 13.8 Å². The van der Waals surface area contributed by atoms with Crippen LogP contribution < -0.4 is 5.32 Å². The van der Waals surface area contributed by atoms with Crippen molar-refractivity contribution in [2.45, 2.75) is 6.16 Å². The number of carbonyl (C=O) groups is 1. The number of carbonyl (C=O) groups excluding carboxylic acids is 1. The molecule has 1 heterocycles. The number of aromatic nitrogens is 2. The average molecular weight is 419 g/mol. The van der Waals surface area contributed by atoms with Gasteiger partial charge in [-0.05, 0) is 59.6 Å². The largest absolute Gasteiger partial charge is 0.329 e. The molecule has 3 rings (SSSR count). The first kappa shape index (κ1) is 20.0. The molecule has 0 aliphatic rings. The van der Waals surface area contributed by atoms with Crippen molar-refractivity contribution in [2.75, 3.05) is 5.32 Å². The van der Waals surface area contributed by atoms with Crippen LogP contribution in [0.4, 0.5) is 10.1 Å². The van der Waals surface area contributed by atoms with Crippen LogP contribution in [0.2, 0.25) is 0 Å². The van der Waals surface area contributed by atoms with Gasteiger partial charge >= 0.3 is 7.60 Å². The molecule has 0 saturated heterocycles. The highest BCUT2D eigenvalue weighted by atomic mass is 32.1. The second kappa shape index (κ2) is 8.53. The normalized spacial score (nSPS) is 11.7. The van der Waals surface area contributed by atoms with Crippen LogP contribution in [0.25, 0.3) is 17.3 Å². The van der Waals surface area contributed by atoms with Gasteiger partial charge in [0.05, 0.1) is 11.0 Å². The van der Waals surface area contributed by atoms with Gasteiger partial charge in [0, 0.05) is 17.3 Å².